The Morgan fingerprint density at radius 3 is 2.94 bits per heavy atom. The molecule has 0 N–H and O–H groups in total. The Balaban J connectivity index is 2.34. The standard InChI is InChI=1S/C11H12O5/c1-3-10(12)15-7-8(2)16-11(13)9-5-4-6-14-9/h3-6,8H,1,7H2,2H3. The molecule has 0 saturated carbocycles. The smallest absolute Gasteiger partial charge is 0.374 e. The molecule has 5 heteroatoms. The molecule has 1 aromatic rings. The predicted octanol–water partition coefficient (Wildman–Crippen LogP) is 1.55. The molecule has 0 spiro atoms. The van der Waals surface area contributed by atoms with Gasteiger partial charge in [-0.3, -0.25) is 0 Å². The van der Waals surface area contributed by atoms with Crippen LogP contribution in [0.15, 0.2) is 35.5 Å². The monoisotopic (exact) mass is 224 g/mol. The fourth-order valence-corrected chi connectivity index (χ4v) is 0.928. The lowest BCUT2D eigenvalue weighted by atomic mass is 10.4. The van der Waals surface area contributed by atoms with Crippen molar-refractivity contribution in [2.24, 2.45) is 0 Å². The van der Waals surface area contributed by atoms with Gasteiger partial charge in [-0.15, -0.1) is 0 Å². The van der Waals surface area contributed by atoms with Gasteiger partial charge in [-0.1, -0.05) is 6.58 Å². The van der Waals surface area contributed by atoms with Crippen LogP contribution in [0.25, 0.3) is 0 Å². The largest absolute Gasteiger partial charge is 0.459 e. The van der Waals surface area contributed by atoms with Gasteiger partial charge in [-0.25, -0.2) is 9.59 Å². The summed E-state index contributed by atoms with van der Waals surface area (Å²) in [5.41, 5.74) is 0. The maximum atomic E-state index is 11.4. The quantitative estimate of drug-likeness (QED) is 0.560. The molecule has 1 heterocycles. The van der Waals surface area contributed by atoms with Gasteiger partial charge in [0.15, 0.2) is 0 Å². The second-order valence-corrected chi connectivity index (χ2v) is 3.03. The topological polar surface area (TPSA) is 65.7 Å². The molecule has 1 aromatic heterocycles. The average Bonchev–Trinajstić information content (AvgIpc) is 2.79. The van der Waals surface area contributed by atoms with Gasteiger partial charge in [-0.2, -0.15) is 0 Å². The van der Waals surface area contributed by atoms with Crippen LogP contribution in [0, 0.1) is 0 Å². The van der Waals surface area contributed by atoms with Gasteiger partial charge in [0.05, 0.1) is 6.26 Å². The van der Waals surface area contributed by atoms with Crippen LogP contribution in [0.4, 0.5) is 0 Å². The normalized spacial score (nSPS) is 11.6. The van der Waals surface area contributed by atoms with Gasteiger partial charge in [0.25, 0.3) is 0 Å². The highest BCUT2D eigenvalue weighted by Crippen LogP contribution is 2.05. The van der Waals surface area contributed by atoms with Gasteiger partial charge < -0.3 is 13.9 Å². The molecule has 1 atom stereocenters. The number of rotatable bonds is 5. The summed E-state index contributed by atoms with van der Waals surface area (Å²) in [5.74, 6) is -1.03. The van der Waals surface area contributed by atoms with Crippen molar-refractivity contribution < 1.29 is 23.5 Å². The summed E-state index contributed by atoms with van der Waals surface area (Å²) in [7, 11) is 0. The molecule has 5 nitrogen and oxygen atoms in total. The Morgan fingerprint density at radius 1 is 1.62 bits per heavy atom. The molecule has 0 aliphatic carbocycles. The van der Waals surface area contributed by atoms with Crippen molar-refractivity contribution in [3.05, 3.63) is 36.8 Å². The zero-order chi connectivity index (χ0) is 12.0. The van der Waals surface area contributed by atoms with Crippen LogP contribution in [0.5, 0.6) is 0 Å². The van der Waals surface area contributed by atoms with E-state index in [9.17, 15) is 9.59 Å². The summed E-state index contributed by atoms with van der Waals surface area (Å²) in [6.07, 6.45) is 1.88. The van der Waals surface area contributed by atoms with Gasteiger partial charge >= 0.3 is 11.9 Å². The number of ether oxygens (including phenoxy) is 2. The maximum absolute atomic E-state index is 11.4. The molecule has 0 radical (unpaired) electrons. The van der Waals surface area contributed by atoms with Gasteiger partial charge in [0, 0.05) is 6.08 Å². The third-order valence-corrected chi connectivity index (χ3v) is 1.66. The van der Waals surface area contributed by atoms with Crippen molar-refractivity contribution in [1.82, 2.24) is 0 Å². The molecule has 16 heavy (non-hydrogen) atoms. The molecule has 1 unspecified atom stereocenters. The zero-order valence-corrected chi connectivity index (χ0v) is 8.84. The van der Waals surface area contributed by atoms with Crippen LogP contribution in [-0.4, -0.2) is 24.6 Å². The van der Waals surface area contributed by atoms with E-state index in [1.807, 2.05) is 0 Å². The third kappa shape index (κ3) is 3.61. The lowest BCUT2D eigenvalue weighted by Gasteiger charge is -2.11. The van der Waals surface area contributed by atoms with Gasteiger partial charge in [0.1, 0.15) is 12.7 Å². The summed E-state index contributed by atoms with van der Waals surface area (Å²) in [4.78, 5) is 22.1. The minimum Gasteiger partial charge on any atom is -0.459 e. The first-order valence-corrected chi connectivity index (χ1v) is 4.67. The van der Waals surface area contributed by atoms with Crippen LogP contribution >= 0.6 is 0 Å². The highest BCUT2D eigenvalue weighted by Gasteiger charge is 2.15. The highest BCUT2D eigenvalue weighted by atomic mass is 16.6. The van der Waals surface area contributed by atoms with Gasteiger partial charge in [-0.05, 0) is 19.1 Å². The summed E-state index contributed by atoms with van der Waals surface area (Å²) in [6, 6.07) is 3.07. The number of carbonyl (C=O) groups is 2. The Labute approximate surface area is 92.6 Å². The van der Waals surface area contributed by atoms with Crippen molar-refractivity contribution in [3.63, 3.8) is 0 Å². The van der Waals surface area contributed by atoms with Crippen LogP contribution < -0.4 is 0 Å². The first-order chi connectivity index (χ1) is 7.63. The summed E-state index contributed by atoms with van der Waals surface area (Å²) in [5, 5.41) is 0. The molecular weight excluding hydrogens is 212 g/mol. The van der Waals surface area contributed by atoms with E-state index >= 15 is 0 Å². The Hall–Kier alpha value is -2.04. The van der Waals surface area contributed by atoms with Crippen molar-refractivity contribution in [1.29, 1.82) is 0 Å². The number of carbonyl (C=O) groups excluding carboxylic acids is 2. The van der Waals surface area contributed by atoms with Crippen LogP contribution in [0.1, 0.15) is 17.5 Å². The van der Waals surface area contributed by atoms with E-state index in [0.717, 1.165) is 6.08 Å². The fraction of sp³-hybridized carbons (Fsp3) is 0.273. The fourth-order valence-electron chi connectivity index (χ4n) is 0.928. The molecule has 0 saturated heterocycles. The second-order valence-electron chi connectivity index (χ2n) is 3.03. The third-order valence-electron chi connectivity index (χ3n) is 1.66. The SMILES string of the molecule is C=CC(=O)OCC(C)OC(=O)c1ccco1. The van der Waals surface area contributed by atoms with Crippen molar-refractivity contribution in [3.8, 4) is 0 Å². The van der Waals surface area contributed by atoms with E-state index in [2.05, 4.69) is 6.58 Å². The Bertz CT molecular complexity index is 366. The number of furan rings is 1. The lowest BCUT2D eigenvalue weighted by Crippen LogP contribution is -2.21. The van der Waals surface area contributed by atoms with Crippen molar-refractivity contribution in [2.75, 3.05) is 6.61 Å². The summed E-state index contributed by atoms with van der Waals surface area (Å²) < 4.78 is 14.5. The van der Waals surface area contributed by atoms with Crippen LogP contribution in [0.2, 0.25) is 0 Å². The molecule has 0 amide bonds. The van der Waals surface area contributed by atoms with Crippen molar-refractivity contribution in [2.45, 2.75) is 13.0 Å². The summed E-state index contributed by atoms with van der Waals surface area (Å²) in [6.45, 7) is 4.83. The zero-order valence-electron chi connectivity index (χ0n) is 8.84. The van der Waals surface area contributed by atoms with Crippen LogP contribution in [-0.2, 0) is 14.3 Å². The van der Waals surface area contributed by atoms with E-state index in [-0.39, 0.29) is 12.4 Å². The number of hydrogen-bond donors (Lipinski definition) is 0. The molecular formula is C11H12O5. The van der Waals surface area contributed by atoms with E-state index in [4.69, 9.17) is 13.9 Å². The first kappa shape index (κ1) is 12.0. The number of esters is 2. The molecule has 1 rings (SSSR count). The van der Waals surface area contributed by atoms with E-state index < -0.39 is 18.0 Å². The average molecular weight is 224 g/mol. The Morgan fingerprint density at radius 2 is 2.38 bits per heavy atom. The predicted molar refractivity (Wildman–Crippen MR) is 54.7 cm³/mol. The first-order valence-electron chi connectivity index (χ1n) is 4.67. The van der Waals surface area contributed by atoms with E-state index in [1.165, 1.54) is 12.3 Å². The molecule has 0 aliphatic rings. The molecule has 0 aromatic carbocycles. The van der Waals surface area contributed by atoms with E-state index in [1.54, 1.807) is 13.0 Å². The van der Waals surface area contributed by atoms with Gasteiger partial charge in [0.2, 0.25) is 5.76 Å². The molecule has 86 valence electrons. The number of hydrogen-bond acceptors (Lipinski definition) is 5. The summed E-state index contributed by atoms with van der Waals surface area (Å²) >= 11 is 0. The Kier molecular flexibility index (Phi) is 4.32. The second kappa shape index (κ2) is 5.75. The minimum absolute atomic E-state index is 0.0166. The minimum atomic E-state index is -0.591. The van der Waals surface area contributed by atoms with Crippen molar-refractivity contribution >= 4 is 11.9 Å². The highest BCUT2D eigenvalue weighted by molar-refractivity contribution is 5.86. The lowest BCUT2D eigenvalue weighted by molar-refractivity contribution is -0.140. The van der Waals surface area contributed by atoms with E-state index in [0.29, 0.717) is 0 Å². The molecule has 0 aliphatic heterocycles. The molecule has 0 bridgehead atoms. The van der Waals surface area contributed by atoms with Crippen LogP contribution in [0.3, 0.4) is 0 Å². The maximum Gasteiger partial charge on any atom is 0.374 e. The molecule has 0 fully saturated rings.